The van der Waals surface area contributed by atoms with Gasteiger partial charge in [0.1, 0.15) is 0 Å². The minimum atomic E-state index is 0.316. The highest BCUT2D eigenvalue weighted by molar-refractivity contribution is 6.30. The Kier molecular flexibility index (Phi) is 5.75. The van der Waals surface area contributed by atoms with Gasteiger partial charge in [-0.3, -0.25) is 0 Å². The average Bonchev–Trinajstić information content (AvgIpc) is 2.32. The number of anilines is 1. The highest BCUT2D eigenvalue weighted by Gasteiger charge is 2.15. The standard InChI is InChI=1S/C13H21ClN2O/c1-4-16(10(2)9-17-3)13-6-5-12(14)7-11(13)8-15/h5-7,10H,4,8-9,15H2,1-3H3. The Hall–Kier alpha value is -0.770. The minimum absolute atomic E-state index is 0.316. The second kappa shape index (κ2) is 6.84. The number of likely N-dealkylation sites (N-methyl/N-ethyl adjacent to an activating group) is 1. The molecule has 0 bridgehead atoms. The van der Waals surface area contributed by atoms with E-state index in [1.807, 2.05) is 18.2 Å². The summed E-state index contributed by atoms with van der Waals surface area (Å²) < 4.78 is 5.21. The maximum Gasteiger partial charge on any atom is 0.0663 e. The molecule has 3 nitrogen and oxygen atoms in total. The summed E-state index contributed by atoms with van der Waals surface area (Å²) >= 11 is 5.99. The van der Waals surface area contributed by atoms with Gasteiger partial charge in [0.05, 0.1) is 6.61 Å². The maximum absolute atomic E-state index is 5.99. The van der Waals surface area contributed by atoms with Crippen molar-refractivity contribution in [1.82, 2.24) is 0 Å². The third-order valence-electron chi connectivity index (χ3n) is 2.85. The Morgan fingerprint density at radius 3 is 2.71 bits per heavy atom. The van der Waals surface area contributed by atoms with Gasteiger partial charge in [-0.25, -0.2) is 0 Å². The van der Waals surface area contributed by atoms with Gasteiger partial charge in [0.25, 0.3) is 0 Å². The Morgan fingerprint density at radius 2 is 2.18 bits per heavy atom. The predicted octanol–water partition coefficient (Wildman–Crippen LogP) is 2.66. The minimum Gasteiger partial charge on any atom is -0.383 e. The number of hydrogen-bond acceptors (Lipinski definition) is 3. The molecule has 1 aromatic rings. The first-order valence-corrected chi connectivity index (χ1v) is 6.25. The zero-order valence-electron chi connectivity index (χ0n) is 10.7. The first-order chi connectivity index (χ1) is 8.13. The predicted molar refractivity (Wildman–Crippen MR) is 73.7 cm³/mol. The van der Waals surface area contributed by atoms with Crippen LogP contribution in [0.15, 0.2) is 18.2 Å². The van der Waals surface area contributed by atoms with E-state index < -0.39 is 0 Å². The maximum atomic E-state index is 5.99. The van der Waals surface area contributed by atoms with Crippen molar-refractivity contribution in [3.05, 3.63) is 28.8 Å². The van der Waals surface area contributed by atoms with E-state index in [9.17, 15) is 0 Å². The molecular formula is C13H21ClN2O. The molecule has 0 saturated carbocycles. The Bertz CT molecular complexity index is 357. The quantitative estimate of drug-likeness (QED) is 0.851. The molecule has 1 aromatic carbocycles. The third kappa shape index (κ3) is 3.60. The molecule has 2 N–H and O–H groups in total. The van der Waals surface area contributed by atoms with E-state index >= 15 is 0 Å². The molecule has 0 aliphatic carbocycles. The van der Waals surface area contributed by atoms with Gasteiger partial charge >= 0.3 is 0 Å². The van der Waals surface area contributed by atoms with Gasteiger partial charge in [0.15, 0.2) is 0 Å². The van der Waals surface area contributed by atoms with Crippen LogP contribution in [0.1, 0.15) is 19.4 Å². The Labute approximate surface area is 109 Å². The number of methoxy groups -OCH3 is 1. The van der Waals surface area contributed by atoms with E-state index in [2.05, 4.69) is 18.7 Å². The van der Waals surface area contributed by atoms with Gasteiger partial charge in [-0.1, -0.05) is 11.6 Å². The molecule has 4 heteroatoms. The van der Waals surface area contributed by atoms with Crippen molar-refractivity contribution in [1.29, 1.82) is 0 Å². The number of rotatable bonds is 6. The summed E-state index contributed by atoms with van der Waals surface area (Å²) in [5, 5.41) is 0.727. The van der Waals surface area contributed by atoms with Crippen LogP contribution in [0.5, 0.6) is 0 Å². The van der Waals surface area contributed by atoms with Crippen molar-refractivity contribution < 1.29 is 4.74 Å². The first-order valence-electron chi connectivity index (χ1n) is 5.88. The van der Waals surface area contributed by atoms with Crippen molar-refractivity contribution in [2.75, 3.05) is 25.2 Å². The summed E-state index contributed by atoms with van der Waals surface area (Å²) in [6.45, 7) is 6.37. The molecule has 1 atom stereocenters. The normalized spacial score (nSPS) is 12.5. The van der Waals surface area contributed by atoms with Crippen LogP contribution in [0.4, 0.5) is 5.69 Å². The summed E-state index contributed by atoms with van der Waals surface area (Å²) in [6, 6.07) is 6.17. The fourth-order valence-electron chi connectivity index (χ4n) is 2.05. The largest absolute Gasteiger partial charge is 0.383 e. The zero-order valence-corrected chi connectivity index (χ0v) is 11.5. The monoisotopic (exact) mass is 256 g/mol. The van der Waals surface area contributed by atoms with Crippen LogP contribution in [0, 0.1) is 0 Å². The highest BCUT2D eigenvalue weighted by atomic mass is 35.5. The van der Waals surface area contributed by atoms with Crippen molar-refractivity contribution in [3.8, 4) is 0 Å². The van der Waals surface area contributed by atoms with Crippen molar-refractivity contribution in [2.45, 2.75) is 26.4 Å². The number of hydrogen-bond donors (Lipinski definition) is 1. The van der Waals surface area contributed by atoms with Crippen molar-refractivity contribution in [2.24, 2.45) is 5.73 Å². The Morgan fingerprint density at radius 1 is 1.47 bits per heavy atom. The van der Waals surface area contributed by atoms with Crippen LogP contribution in [0.3, 0.4) is 0 Å². The van der Waals surface area contributed by atoms with Gasteiger partial charge < -0.3 is 15.4 Å². The Balaban J connectivity index is 3.02. The van der Waals surface area contributed by atoms with E-state index in [0.717, 1.165) is 22.8 Å². The number of halogens is 1. The first kappa shape index (κ1) is 14.3. The number of nitrogens with two attached hydrogens (primary N) is 1. The molecule has 0 spiro atoms. The van der Waals surface area contributed by atoms with Gasteiger partial charge in [-0.2, -0.15) is 0 Å². The molecule has 0 aliphatic heterocycles. The SMILES string of the molecule is CCN(c1ccc(Cl)cc1CN)C(C)COC. The number of benzene rings is 1. The summed E-state index contributed by atoms with van der Waals surface area (Å²) in [5.41, 5.74) is 7.98. The zero-order chi connectivity index (χ0) is 12.8. The van der Waals surface area contributed by atoms with Crippen LogP contribution in [0.25, 0.3) is 0 Å². The molecule has 0 radical (unpaired) electrons. The fraction of sp³-hybridized carbons (Fsp3) is 0.538. The molecule has 0 fully saturated rings. The molecule has 1 unspecified atom stereocenters. The number of nitrogens with zero attached hydrogens (tertiary/aromatic N) is 1. The van der Waals surface area contributed by atoms with E-state index in [0.29, 0.717) is 19.2 Å². The van der Waals surface area contributed by atoms with Gasteiger partial charge in [0.2, 0.25) is 0 Å². The molecule has 0 aromatic heterocycles. The lowest BCUT2D eigenvalue weighted by Gasteiger charge is -2.31. The smallest absolute Gasteiger partial charge is 0.0663 e. The number of ether oxygens (including phenoxy) is 1. The second-order valence-corrected chi connectivity index (χ2v) is 4.50. The average molecular weight is 257 g/mol. The molecular weight excluding hydrogens is 236 g/mol. The van der Waals surface area contributed by atoms with E-state index in [1.54, 1.807) is 7.11 Å². The van der Waals surface area contributed by atoms with E-state index in [4.69, 9.17) is 22.1 Å². The lowest BCUT2D eigenvalue weighted by atomic mass is 10.1. The lowest BCUT2D eigenvalue weighted by Crippen LogP contribution is -2.36. The summed E-state index contributed by atoms with van der Waals surface area (Å²) in [4.78, 5) is 2.28. The van der Waals surface area contributed by atoms with Crippen molar-refractivity contribution in [3.63, 3.8) is 0 Å². The van der Waals surface area contributed by atoms with E-state index in [1.165, 1.54) is 0 Å². The molecule has 96 valence electrons. The molecule has 0 heterocycles. The topological polar surface area (TPSA) is 38.5 Å². The molecule has 0 saturated heterocycles. The molecule has 0 amide bonds. The molecule has 17 heavy (non-hydrogen) atoms. The van der Waals surface area contributed by atoms with Gasteiger partial charge in [-0.15, -0.1) is 0 Å². The van der Waals surface area contributed by atoms with E-state index in [-0.39, 0.29) is 0 Å². The van der Waals surface area contributed by atoms with Gasteiger partial charge in [-0.05, 0) is 37.6 Å². The van der Waals surface area contributed by atoms with Crippen LogP contribution in [0.2, 0.25) is 5.02 Å². The van der Waals surface area contributed by atoms with Gasteiger partial charge in [0, 0.05) is 37.0 Å². The van der Waals surface area contributed by atoms with Crippen LogP contribution < -0.4 is 10.6 Å². The second-order valence-electron chi connectivity index (χ2n) is 4.07. The van der Waals surface area contributed by atoms with Crippen LogP contribution in [-0.4, -0.2) is 26.3 Å². The highest BCUT2D eigenvalue weighted by Crippen LogP contribution is 2.25. The summed E-state index contributed by atoms with van der Waals surface area (Å²) in [7, 11) is 1.72. The van der Waals surface area contributed by atoms with Crippen LogP contribution >= 0.6 is 11.6 Å². The van der Waals surface area contributed by atoms with Crippen molar-refractivity contribution >= 4 is 17.3 Å². The third-order valence-corrected chi connectivity index (χ3v) is 3.09. The van der Waals surface area contributed by atoms with Crippen LogP contribution in [-0.2, 0) is 11.3 Å². The lowest BCUT2D eigenvalue weighted by molar-refractivity contribution is 0.182. The molecule has 1 rings (SSSR count). The molecule has 0 aliphatic rings. The summed E-state index contributed by atoms with van der Waals surface area (Å²) in [6.07, 6.45) is 0. The fourth-order valence-corrected chi connectivity index (χ4v) is 2.24. The summed E-state index contributed by atoms with van der Waals surface area (Å²) in [5.74, 6) is 0.